The minimum Gasteiger partial charge on any atom is -0.311 e. The molecule has 1 aromatic carbocycles. The average molecular weight is 355 g/mol. The lowest BCUT2D eigenvalue weighted by atomic mass is 9.86. The summed E-state index contributed by atoms with van der Waals surface area (Å²) < 4.78 is 1.14. The molecule has 0 aliphatic rings. The third-order valence-corrected chi connectivity index (χ3v) is 4.45. The van der Waals surface area contributed by atoms with Crippen molar-refractivity contribution in [3.05, 3.63) is 34.3 Å². The van der Waals surface area contributed by atoms with E-state index in [4.69, 9.17) is 0 Å². The molecule has 1 atom stereocenters. The Morgan fingerprint density at radius 3 is 2.14 bits per heavy atom. The lowest BCUT2D eigenvalue weighted by Gasteiger charge is -2.36. The van der Waals surface area contributed by atoms with Gasteiger partial charge in [0.25, 0.3) is 0 Å². The summed E-state index contributed by atoms with van der Waals surface area (Å²) >= 11 is 3.49. The van der Waals surface area contributed by atoms with Crippen molar-refractivity contribution in [3.8, 4) is 0 Å². The van der Waals surface area contributed by atoms with Gasteiger partial charge in [-0.2, -0.15) is 0 Å². The van der Waals surface area contributed by atoms with Crippen LogP contribution in [0.2, 0.25) is 0 Å². The van der Waals surface area contributed by atoms with Crippen molar-refractivity contribution in [2.24, 2.45) is 5.41 Å². The fourth-order valence-electron chi connectivity index (χ4n) is 2.38. The number of rotatable bonds is 7. The summed E-state index contributed by atoms with van der Waals surface area (Å²) in [6.45, 7) is 14.5. The van der Waals surface area contributed by atoms with Crippen LogP contribution in [-0.4, -0.2) is 30.6 Å². The molecule has 1 unspecified atom stereocenters. The van der Waals surface area contributed by atoms with E-state index in [0.29, 0.717) is 5.41 Å². The molecule has 0 amide bonds. The molecule has 120 valence electrons. The van der Waals surface area contributed by atoms with Gasteiger partial charge in [-0.25, -0.2) is 0 Å². The van der Waals surface area contributed by atoms with Gasteiger partial charge in [-0.05, 0) is 57.4 Å². The first-order valence-corrected chi connectivity index (χ1v) is 8.61. The zero-order valence-corrected chi connectivity index (χ0v) is 16.0. The molecule has 0 fully saturated rings. The second kappa shape index (κ2) is 7.75. The van der Waals surface area contributed by atoms with E-state index < -0.39 is 0 Å². The van der Waals surface area contributed by atoms with Crippen LogP contribution < -0.4 is 5.32 Å². The molecule has 0 heterocycles. The number of benzene rings is 1. The fraction of sp³-hybridized carbons (Fsp3) is 0.667. The zero-order valence-electron chi connectivity index (χ0n) is 14.5. The zero-order chi connectivity index (χ0) is 16.1. The third-order valence-electron chi connectivity index (χ3n) is 3.92. The highest BCUT2D eigenvalue weighted by atomic mass is 79.9. The van der Waals surface area contributed by atoms with E-state index in [0.717, 1.165) is 24.1 Å². The average Bonchev–Trinajstić information content (AvgIpc) is 2.38. The standard InChI is InChI=1S/C18H31BrN2/c1-7-18(5,13-20-17(2,3)4)14-21(6)12-15-8-10-16(19)11-9-15/h8-11,20H,7,12-14H2,1-6H3. The topological polar surface area (TPSA) is 15.3 Å². The van der Waals surface area contributed by atoms with Crippen molar-refractivity contribution < 1.29 is 0 Å². The maximum absolute atomic E-state index is 3.66. The van der Waals surface area contributed by atoms with Gasteiger partial charge in [0.2, 0.25) is 0 Å². The van der Waals surface area contributed by atoms with Gasteiger partial charge < -0.3 is 10.2 Å². The van der Waals surface area contributed by atoms with E-state index in [9.17, 15) is 0 Å². The maximum atomic E-state index is 3.66. The lowest BCUT2D eigenvalue weighted by Crippen LogP contribution is -2.46. The van der Waals surface area contributed by atoms with E-state index >= 15 is 0 Å². The highest BCUT2D eigenvalue weighted by Crippen LogP contribution is 2.23. The molecule has 0 aliphatic carbocycles. The Hall–Kier alpha value is -0.380. The summed E-state index contributed by atoms with van der Waals surface area (Å²) in [4.78, 5) is 2.43. The van der Waals surface area contributed by atoms with Crippen LogP contribution in [0.3, 0.4) is 0 Å². The molecule has 0 spiro atoms. The molecule has 0 saturated heterocycles. The fourth-order valence-corrected chi connectivity index (χ4v) is 2.64. The molecule has 0 saturated carbocycles. The first-order chi connectivity index (χ1) is 9.63. The second-order valence-corrected chi connectivity index (χ2v) is 8.48. The molecule has 0 aromatic heterocycles. The van der Waals surface area contributed by atoms with Gasteiger partial charge in [0.05, 0.1) is 0 Å². The second-order valence-electron chi connectivity index (χ2n) is 7.57. The Kier molecular flexibility index (Phi) is 6.89. The number of nitrogens with one attached hydrogen (secondary N) is 1. The van der Waals surface area contributed by atoms with Gasteiger partial charge in [-0.3, -0.25) is 0 Å². The number of hydrogen-bond donors (Lipinski definition) is 1. The molecular formula is C18H31BrN2. The van der Waals surface area contributed by atoms with Crippen LogP contribution in [0.4, 0.5) is 0 Å². The molecule has 0 aliphatic heterocycles. The summed E-state index contributed by atoms with van der Waals surface area (Å²) in [5.74, 6) is 0. The molecule has 21 heavy (non-hydrogen) atoms. The van der Waals surface area contributed by atoms with E-state index in [2.05, 4.69) is 92.1 Å². The van der Waals surface area contributed by atoms with Crippen LogP contribution in [0.15, 0.2) is 28.7 Å². The predicted molar refractivity (Wildman–Crippen MR) is 96.6 cm³/mol. The van der Waals surface area contributed by atoms with Crippen molar-refractivity contribution in [2.75, 3.05) is 20.1 Å². The van der Waals surface area contributed by atoms with Gasteiger partial charge in [0.1, 0.15) is 0 Å². The van der Waals surface area contributed by atoms with Gasteiger partial charge in [-0.15, -0.1) is 0 Å². The van der Waals surface area contributed by atoms with Gasteiger partial charge in [-0.1, -0.05) is 41.9 Å². The predicted octanol–water partition coefficient (Wildman–Crippen LogP) is 4.69. The molecule has 1 rings (SSSR count). The Balaban J connectivity index is 2.56. The van der Waals surface area contributed by atoms with Gasteiger partial charge >= 0.3 is 0 Å². The summed E-state index contributed by atoms with van der Waals surface area (Å²) in [5, 5.41) is 3.66. The SMILES string of the molecule is CCC(C)(CNC(C)(C)C)CN(C)Cc1ccc(Br)cc1. The highest BCUT2D eigenvalue weighted by Gasteiger charge is 2.25. The first-order valence-electron chi connectivity index (χ1n) is 7.81. The summed E-state index contributed by atoms with van der Waals surface area (Å²) in [5.41, 5.74) is 1.85. The molecule has 1 aromatic rings. The Morgan fingerprint density at radius 1 is 1.10 bits per heavy atom. The molecule has 1 N–H and O–H groups in total. The molecule has 0 bridgehead atoms. The van der Waals surface area contributed by atoms with E-state index in [1.54, 1.807) is 0 Å². The van der Waals surface area contributed by atoms with Crippen LogP contribution in [-0.2, 0) is 6.54 Å². The minimum absolute atomic E-state index is 0.181. The smallest absolute Gasteiger partial charge is 0.0230 e. The molecular weight excluding hydrogens is 324 g/mol. The largest absolute Gasteiger partial charge is 0.311 e. The van der Waals surface area contributed by atoms with Crippen molar-refractivity contribution in [2.45, 2.75) is 53.1 Å². The molecule has 3 heteroatoms. The summed E-state index contributed by atoms with van der Waals surface area (Å²) in [7, 11) is 2.22. The number of hydrogen-bond acceptors (Lipinski definition) is 2. The van der Waals surface area contributed by atoms with Crippen molar-refractivity contribution >= 4 is 15.9 Å². The van der Waals surface area contributed by atoms with Crippen molar-refractivity contribution in [1.82, 2.24) is 10.2 Å². The van der Waals surface area contributed by atoms with Gasteiger partial charge in [0.15, 0.2) is 0 Å². The normalized spacial score (nSPS) is 15.2. The molecule has 0 radical (unpaired) electrons. The summed E-state index contributed by atoms with van der Waals surface area (Å²) in [6, 6.07) is 8.61. The van der Waals surface area contributed by atoms with Crippen LogP contribution in [0, 0.1) is 5.41 Å². The van der Waals surface area contributed by atoms with E-state index in [1.165, 1.54) is 12.0 Å². The van der Waals surface area contributed by atoms with Crippen LogP contribution in [0.1, 0.15) is 46.6 Å². The highest BCUT2D eigenvalue weighted by molar-refractivity contribution is 9.10. The van der Waals surface area contributed by atoms with Crippen LogP contribution >= 0.6 is 15.9 Å². The Morgan fingerprint density at radius 2 is 1.67 bits per heavy atom. The van der Waals surface area contributed by atoms with E-state index in [-0.39, 0.29) is 5.54 Å². The molecule has 2 nitrogen and oxygen atoms in total. The quantitative estimate of drug-likeness (QED) is 0.764. The summed E-state index contributed by atoms with van der Waals surface area (Å²) in [6.07, 6.45) is 1.18. The third kappa shape index (κ3) is 7.44. The number of nitrogens with zero attached hydrogens (tertiary/aromatic N) is 1. The van der Waals surface area contributed by atoms with Gasteiger partial charge in [0, 0.05) is 29.6 Å². The minimum atomic E-state index is 0.181. The maximum Gasteiger partial charge on any atom is 0.0230 e. The number of halogens is 1. The monoisotopic (exact) mass is 354 g/mol. The van der Waals surface area contributed by atoms with E-state index in [1.807, 2.05) is 0 Å². The Labute approximate surface area is 139 Å². The lowest BCUT2D eigenvalue weighted by molar-refractivity contribution is 0.164. The van der Waals surface area contributed by atoms with Crippen molar-refractivity contribution in [3.63, 3.8) is 0 Å². The Bertz CT molecular complexity index is 422. The van der Waals surface area contributed by atoms with Crippen LogP contribution in [0.25, 0.3) is 0 Å². The van der Waals surface area contributed by atoms with Crippen molar-refractivity contribution in [1.29, 1.82) is 0 Å². The van der Waals surface area contributed by atoms with Crippen LogP contribution in [0.5, 0.6) is 0 Å². The first kappa shape index (κ1) is 18.7.